The number of hydrogen-bond acceptors (Lipinski definition) is 4. The Hall–Kier alpha value is -1.84. The molecule has 0 unspecified atom stereocenters. The number of rotatable bonds is 4. The van der Waals surface area contributed by atoms with Gasteiger partial charge in [0.1, 0.15) is 0 Å². The normalized spacial score (nSPS) is 9.88. The van der Waals surface area contributed by atoms with Crippen LogP contribution in [0.3, 0.4) is 0 Å². The molecular formula is C12H15NO3. The van der Waals surface area contributed by atoms with E-state index >= 15 is 0 Å². The van der Waals surface area contributed by atoms with E-state index < -0.39 is 0 Å². The quantitative estimate of drug-likeness (QED) is 0.476. The monoisotopic (exact) mass is 221 g/mol. The molecule has 0 radical (unpaired) electrons. The summed E-state index contributed by atoms with van der Waals surface area (Å²) in [7, 11) is 1.34. The van der Waals surface area contributed by atoms with E-state index in [0.717, 1.165) is 5.56 Å². The van der Waals surface area contributed by atoms with Crippen molar-refractivity contribution in [1.82, 2.24) is 0 Å². The topological polar surface area (TPSA) is 69.4 Å². The maximum absolute atomic E-state index is 11.4. The van der Waals surface area contributed by atoms with E-state index in [2.05, 4.69) is 4.74 Å². The van der Waals surface area contributed by atoms with Crippen LogP contribution in [0.2, 0.25) is 0 Å². The van der Waals surface area contributed by atoms with Crippen molar-refractivity contribution >= 4 is 17.4 Å². The summed E-state index contributed by atoms with van der Waals surface area (Å²) in [6.07, 6.45) is 0.652. The Labute approximate surface area is 94.4 Å². The van der Waals surface area contributed by atoms with E-state index in [-0.39, 0.29) is 18.2 Å². The van der Waals surface area contributed by atoms with Crippen molar-refractivity contribution in [1.29, 1.82) is 0 Å². The predicted molar refractivity (Wildman–Crippen MR) is 61.2 cm³/mol. The van der Waals surface area contributed by atoms with Crippen molar-refractivity contribution < 1.29 is 14.3 Å². The van der Waals surface area contributed by atoms with E-state index in [1.165, 1.54) is 14.0 Å². The predicted octanol–water partition coefficient (Wildman–Crippen LogP) is 1.58. The molecular weight excluding hydrogens is 206 g/mol. The zero-order valence-electron chi connectivity index (χ0n) is 9.45. The second-order valence-electron chi connectivity index (χ2n) is 3.51. The average molecular weight is 221 g/mol. The molecule has 0 aliphatic carbocycles. The minimum Gasteiger partial charge on any atom is -0.469 e. The SMILES string of the molecule is COC(=O)CCc1c(N)cccc1C(C)=O. The Balaban J connectivity index is 2.93. The van der Waals surface area contributed by atoms with E-state index in [1.54, 1.807) is 18.2 Å². The third-order valence-electron chi connectivity index (χ3n) is 2.40. The van der Waals surface area contributed by atoms with Crippen molar-refractivity contribution in [3.63, 3.8) is 0 Å². The van der Waals surface area contributed by atoms with Crippen LogP contribution in [0.4, 0.5) is 5.69 Å². The van der Waals surface area contributed by atoms with Crippen LogP contribution >= 0.6 is 0 Å². The summed E-state index contributed by atoms with van der Waals surface area (Å²) in [6.45, 7) is 1.48. The van der Waals surface area contributed by atoms with Gasteiger partial charge in [0, 0.05) is 17.7 Å². The molecule has 4 heteroatoms. The van der Waals surface area contributed by atoms with Crippen LogP contribution in [0.5, 0.6) is 0 Å². The molecule has 16 heavy (non-hydrogen) atoms. The van der Waals surface area contributed by atoms with Gasteiger partial charge in [0.25, 0.3) is 0 Å². The van der Waals surface area contributed by atoms with Crippen LogP contribution in [0.1, 0.15) is 29.3 Å². The molecule has 0 saturated heterocycles. The number of ether oxygens (including phenoxy) is 1. The smallest absolute Gasteiger partial charge is 0.305 e. The third kappa shape index (κ3) is 2.82. The van der Waals surface area contributed by atoms with Crippen LogP contribution < -0.4 is 5.73 Å². The van der Waals surface area contributed by atoms with Gasteiger partial charge in [0.2, 0.25) is 0 Å². The lowest BCUT2D eigenvalue weighted by Gasteiger charge is -2.09. The van der Waals surface area contributed by atoms with Gasteiger partial charge in [0.05, 0.1) is 7.11 Å². The van der Waals surface area contributed by atoms with Crippen molar-refractivity contribution in [2.75, 3.05) is 12.8 Å². The Morgan fingerprint density at radius 1 is 1.38 bits per heavy atom. The lowest BCUT2D eigenvalue weighted by Crippen LogP contribution is -2.08. The number of methoxy groups -OCH3 is 1. The summed E-state index contributed by atoms with van der Waals surface area (Å²) in [4.78, 5) is 22.4. The Bertz CT molecular complexity index is 413. The number of carbonyl (C=O) groups excluding carboxylic acids is 2. The highest BCUT2D eigenvalue weighted by Gasteiger charge is 2.11. The second kappa shape index (κ2) is 5.30. The first-order chi connectivity index (χ1) is 7.56. The number of Topliss-reactive ketones (excluding diaryl/α,β-unsaturated/α-hetero) is 1. The number of nitrogen functional groups attached to an aromatic ring is 1. The molecule has 2 N–H and O–H groups in total. The molecule has 0 spiro atoms. The molecule has 0 aliphatic heterocycles. The van der Waals surface area contributed by atoms with Crippen molar-refractivity contribution in [2.24, 2.45) is 0 Å². The van der Waals surface area contributed by atoms with Crippen LogP contribution in [-0.2, 0) is 16.0 Å². The van der Waals surface area contributed by atoms with Gasteiger partial charge < -0.3 is 10.5 Å². The molecule has 0 bridgehead atoms. The van der Waals surface area contributed by atoms with Crippen LogP contribution in [0, 0.1) is 0 Å². The fourth-order valence-corrected chi connectivity index (χ4v) is 1.54. The van der Waals surface area contributed by atoms with Gasteiger partial charge in [-0.15, -0.1) is 0 Å². The molecule has 0 saturated carbocycles. The third-order valence-corrected chi connectivity index (χ3v) is 2.40. The number of nitrogens with two attached hydrogens (primary N) is 1. The van der Waals surface area contributed by atoms with Crippen LogP contribution in [-0.4, -0.2) is 18.9 Å². The number of esters is 1. The summed E-state index contributed by atoms with van der Waals surface area (Å²) >= 11 is 0. The molecule has 0 amide bonds. The summed E-state index contributed by atoms with van der Waals surface area (Å²) in [6, 6.07) is 5.16. The first-order valence-corrected chi connectivity index (χ1v) is 5.01. The second-order valence-corrected chi connectivity index (χ2v) is 3.51. The minimum absolute atomic E-state index is 0.0489. The molecule has 86 valence electrons. The fraction of sp³-hybridized carbons (Fsp3) is 0.333. The molecule has 0 heterocycles. The van der Waals surface area contributed by atoms with Gasteiger partial charge in [-0.2, -0.15) is 0 Å². The Kier molecular flexibility index (Phi) is 4.05. The first-order valence-electron chi connectivity index (χ1n) is 5.01. The lowest BCUT2D eigenvalue weighted by atomic mass is 9.98. The molecule has 0 aromatic heterocycles. The lowest BCUT2D eigenvalue weighted by molar-refractivity contribution is -0.140. The molecule has 1 rings (SSSR count). The van der Waals surface area contributed by atoms with E-state index in [1.807, 2.05) is 0 Å². The summed E-state index contributed by atoms with van der Waals surface area (Å²) in [5, 5.41) is 0. The molecule has 1 aromatic carbocycles. The summed E-state index contributed by atoms with van der Waals surface area (Å²) in [5.74, 6) is -0.357. The highest BCUT2D eigenvalue weighted by molar-refractivity contribution is 5.97. The highest BCUT2D eigenvalue weighted by atomic mass is 16.5. The average Bonchev–Trinajstić information content (AvgIpc) is 2.26. The van der Waals surface area contributed by atoms with Crippen molar-refractivity contribution in [3.05, 3.63) is 29.3 Å². The minimum atomic E-state index is -0.308. The highest BCUT2D eigenvalue weighted by Crippen LogP contribution is 2.19. The van der Waals surface area contributed by atoms with Gasteiger partial charge >= 0.3 is 5.97 Å². The van der Waals surface area contributed by atoms with Crippen molar-refractivity contribution in [2.45, 2.75) is 19.8 Å². The molecule has 0 aliphatic rings. The fourth-order valence-electron chi connectivity index (χ4n) is 1.54. The number of ketones is 1. The van der Waals surface area contributed by atoms with E-state index in [0.29, 0.717) is 17.7 Å². The molecule has 0 fully saturated rings. The largest absolute Gasteiger partial charge is 0.469 e. The van der Waals surface area contributed by atoms with E-state index in [4.69, 9.17) is 5.73 Å². The van der Waals surface area contributed by atoms with Gasteiger partial charge in [-0.05, 0) is 25.0 Å². The van der Waals surface area contributed by atoms with Gasteiger partial charge in [-0.3, -0.25) is 9.59 Å². The molecule has 4 nitrogen and oxygen atoms in total. The maximum Gasteiger partial charge on any atom is 0.305 e. The maximum atomic E-state index is 11.4. The number of benzene rings is 1. The van der Waals surface area contributed by atoms with E-state index in [9.17, 15) is 9.59 Å². The summed E-state index contributed by atoms with van der Waals surface area (Å²) in [5.41, 5.74) is 7.62. The van der Waals surface area contributed by atoms with Gasteiger partial charge in [-0.25, -0.2) is 0 Å². The number of anilines is 1. The van der Waals surface area contributed by atoms with Gasteiger partial charge in [0.15, 0.2) is 5.78 Å². The van der Waals surface area contributed by atoms with Crippen LogP contribution in [0.25, 0.3) is 0 Å². The number of carbonyl (C=O) groups is 2. The first kappa shape index (κ1) is 12.2. The zero-order valence-corrected chi connectivity index (χ0v) is 9.45. The molecule has 1 aromatic rings. The zero-order chi connectivity index (χ0) is 12.1. The Morgan fingerprint density at radius 2 is 2.06 bits per heavy atom. The summed E-state index contributed by atoms with van der Waals surface area (Å²) < 4.78 is 4.55. The van der Waals surface area contributed by atoms with Gasteiger partial charge in [-0.1, -0.05) is 12.1 Å². The van der Waals surface area contributed by atoms with Crippen molar-refractivity contribution in [3.8, 4) is 0 Å². The number of hydrogen-bond donors (Lipinski definition) is 1. The van der Waals surface area contributed by atoms with Crippen LogP contribution in [0.15, 0.2) is 18.2 Å². The standard InChI is InChI=1S/C12H15NO3/c1-8(14)9-4-3-5-11(13)10(9)6-7-12(15)16-2/h3-5H,6-7,13H2,1-2H3. The molecule has 0 atom stereocenters. The Morgan fingerprint density at radius 3 is 2.62 bits per heavy atom.